The number of halogens is 1. The molecule has 10 heavy (non-hydrogen) atoms. The van der Waals surface area contributed by atoms with E-state index >= 15 is 0 Å². The molecule has 0 saturated heterocycles. The topological polar surface area (TPSA) is 18.5 Å². The molecule has 0 spiro atoms. The zero-order valence-corrected chi connectivity index (χ0v) is 9.08. The summed E-state index contributed by atoms with van der Waals surface area (Å²) in [4.78, 5) is 0. The molecule has 62 valence electrons. The Morgan fingerprint density at radius 1 is 0.900 bits per heavy atom. The van der Waals surface area contributed by atoms with E-state index in [4.69, 9.17) is 9.47 Å². The Hall–Kier alpha value is 0.650. The Labute approximate surface area is 76.4 Å². The second kappa shape index (κ2) is 5.32. The second-order valence-electron chi connectivity index (χ2n) is 2.64. The average molecular weight is 258 g/mol. The first-order valence-corrected chi connectivity index (χ1v) is 4.72. The van der Waals surface area contributed by atoms with Gasteiger partial charge in [-0.25, -0.2) is 0 Å². The summed E-state index contributed by atoms with van der Waals surface area (Å²) in [5, 5.41) is 0. The van der Waals surface area contributed by atoms with Crippen LogP contribution in [-0.2, 0) is 9.47 Å². The first-order valence-electron chi connectivity index (χ1n) is 3.47. The Morgan fingerprint density at radius 2 is 1.20 bits per heavy atom. The molecule has 0 rings (SSSR count). The molecule has 0 aromatic rings. The quantitative estimate of drug-likeness (QED) is 0.438. The van der Waals surface area contributed by atoms with Crippen LogP contribution < -0.4 is 0 Å². The standard InChI is InChI=1S/C7H15IO2/c1-5(2)9-7(8)10-6(3)4/h5-7H,1-4H3. The first kappa shape index (κ1) is 10.7. The molecular weight excluding hydrogens is 243 g/mol. The number of ether oxygens (including phenoxy) is 2. The maximum absolute atomic E-state index is 5.33. The fourth-order valence-electron chi connectivity index (χ4n) is 0.460. The predicted octanol–water partition coefficient (Wildman–Crippen LogP) is 2.56. The van der Waals surface area contributed by atoms with Crippen molar-refractivity contribution in [2.24, 2.45) is 0 Å². The Balaban J connectivity index is 3.34. The van der Waals surface area contributed by atoms with Crippen molar-refractivity contribution in [3.8, 4) is 0 Å². The van der Waals surface area contributed by atoms with E-state index in [-0.39, 0.29) is 16.5 Å². The lowest BCUT2D eigenvalue weighted by molar-refractivity contribution is -0.114. The van der Waals surface area contributed by atoms with Crippen molar-refractivity contribution < 1.29 is 9.47 Å². The predicted molar refractivity (Wildman–Crippen MR) is 50.3 cm³/mol. The van der Waals surface area contributed by atoms with E-state index in [0.717, 1.165) is 0 Å². The highest BCUT2D eigenvalue weighted by Gasteiger charge is 2.07. The van der Waals surface area contributed by atoms with E-state index in [1.807, 2.05) is 27.7 Å². The van der Waals surface area contributed by atoms with E-state index in [9.17, 15) is 0 Å². The fourth-order valence-corrected chi connectivity index (χ4v) is 1.63. The van der Waals surface area contributed by atoms with Crippen LogP contribution in [0.4, 0.5) is 0 Å². The van der Waals surface area contributed by atoms with Gasteiger partial charge in [-0.15, -0.1) is 0 Å². The SMILES string of the molecule is CC(C)OC(I)OC(C)C. The molecule has 0 radical (unpaired) electrons. The van der Waals surface area contributed by atoms with Gasteiger partial charge in [0.25, 0.3) is 0 Å². The molecular formula is C7H15IO2. The highest BCUT2D eigenvalue weighted by molar-refractivity contribution is 14.1. The molecule has 0 aromatic carbocycles. The van der Waals surface area contributed by atoms with Crippen LogP contribution in [-0.4, -0.2) is 16.5 Å². The molecule has 0 aliphatic carbocycles. The highest BCUT2D eigenvalue weighted by atomic mass is 127. The molecule has 2 nitrogen and oxygen atoms in total. The van der Waals surface area contributed by atoms with Crippen LogP contribution in [0.25, 0.3) is 0 Å². The number of hydrogen-bond acceptors (Lipinski definition) is 2. The first-order chi connectivity index (χ1) is 4.52. The monoisotopic (exact) mass is 258 g/mol. The van der Waals surface area contributed by atoms with Crippen molar-refractivity contribution in [1.82, 2.24) is 0 Å². The summed E-state index contributed by atoms with van der Waals surface area (Å²) >= 11 is 2.13. The number of rotatable bonds is 4. The Bertz CT molecular complexity index is 73.7. The zero-order chi connectivity index (χ0) is 8.15. The van der Waals surface area contributed by atoms with Gasteiger partial charge >= 0.3 is 0 Å². The van der Waals surface area contributed by atoms with Crippen molar-refractivity contribution in [3.63, 3.8) is 0 Å². The van der Waals surface area contributed by atoms with E-state index in [2.05, 4.69) is 22.6 Å². The van der Waals surface area contributed by atoms with Crippen molar-refractivity contribution in [3.05, 3.63) is 0 Å². The summed E-state index contributed by atoms with van der Waals surface area (Å²) < 4.78 is 10.5. The van der Waals surface area contributed by atoms with Gasteiger partial charge in [-0.1, -0.05) is 0 Å². The number of alkyl halides is 1. The molecule has 3 heteroatoms. The minimum absolute atomic E-state index is 0.113. The summed E-state index contributed by atoms with van der Waals surface area (Å²) in [5.74, 6) is 0. The third-order valence-corrected chi connectivity index (χ3v) is 1.35. The zero-order valence-electron chi connectivity index (χ0n) is 6.93. The lowest BCUT2D eigenvalue weighted by Crippen LogP contribution is -2.18. The summed E-state index contributed by atoms with van der Waals surface area (Å²) in [5.41, 5.74) is 0. The molecule has 0 heterocycles. The van der Waals surface area contributed by atoms with Gasteiger partial charge in [0.15, 0.2) is 0 Å². The van der Waals surface area contributed by atoms with Gasteiger partial charge < -0.3 is 9.47 Å². The maximum atomic E-state index is 5.33. The fraction of sp³-hybridized carbons (Fsp3) is 1.00. The molecule has 0 aliphatic rings. The molecule has 0 atom stereocenters. The van der Waals surface area contributed by atoms with Gasteiger partial charge in [0, 0.05) is 0 Å². The van der Waals surface area contributed by atoms with E-state index in [1.165, 1.54) is 0 Å². The van der Waals surface area contributed by atoms with Crippen LogP contribution in [0, 0.1) is 0 Å². The summed E-state index contributed by atoms with van der Waals surface area (Å²) in [7, 11) is 0. The van der Waals surface area contributed by atoms with Crippen molar-refractivity contribution >= 4 is 22.6 Å². The summed E-state index contributed by atoms with van der Waals surface area (Å²) in [6, 6.07) is 0. The molecule has 0 N–H and O–H groups in total. The molecule has 0 unspecified atom stereocenters. The van der Waals surface area contributed by atoms with Gasteiger partial charge in [-0.05, 0) is 50.3 Å². The van der Waals surface area contributed by atoms with Crippen molar-refractivity contribution in [2.45, 2.75) is 44.2 Å². The van der Waals surface area contributed by atoms with Crippen LogP contribution in [0.1, 0.15) is 27.7 Å². The smallest absolute Gasteiger partial charge is 0.210 e. The third-order valence-electron chi connectivity index (χ3n) is 0.758. The molecule has 0 aromatic heterocycles. The Kier molecular flexibility index (Phi) is 5.67. The van der Waals surface area contributed by atoms with Gasteiger partial charge in [0.05, 0.1) is 12.2 Å². The van der Waals surface area contributed by atoms with Crippen LogP contribution in [0.5, 0.6) is 0 Å². The van der Waals surface area contributed by atoms with Gasteiger partial charge in [0.2, 0.25) is 4.30 Å². The van der Waals surface area contributed by atoms with E-state index in [0.29, 0.717) is 0 Å². The van der Waals surface area contributed by atoms with Crippen LogP contribution in [0.3, 0.4) is 0 Å². The van der Waals surface area contributed by atoms with Crippen molar-refractivity contribution in [1.29, 1.82) is 0 Å². The van der Waals surface area contributed by atoms with Crippen molar-refractivity contribution in [2.75, 3.05) is 0 Å². The summed E-state index contributed by atoms with van der Waals surface area (Å²) in [6.07, 6.45) is 0.473. The maximum Gasteiger partial charge on any atom is 0.210 e. The Morgan fingerprint density at radius 3 is 1.40 bits per heavy atom. The van der Waals surface area contributed by atoms with Gasteiger partial charge in [-0.2, -0.15) is 0 Å². The molecule has 0 fully saturated rings. The minimum atomic E-state index is -0.113. The van der Waals surface area contributed by atoms with Crippen LogP contribution in [0.2, 0.25) is 0 Å². The van der Waals surface area contributed by atoms with Crippen LogP contribution in [0.15, 0.2) is 0 Å². The van der Waals surface area contributed by atoms with E-state index < -0.39 is 0 Å². The molecule has 0 aliphatic heterocycles. The second-order valence-corrected chi connectivity index (χ2v) is 3.66. The lowest BCUT2D eigenvalue weighted by atomic mass is 10.5. The largest absolute Gasteiger partial charge is 0.341 e. The van der Waals surface area contributed by atoms with Gasteiger partial charge in [0.1, 0.15) is 0 Å². The molecule has 0 amide bonds. The molecule has 0 saturated carbocycles. The lowest BCUT2D eigenvalue weighted by Gasteiger charge is -2.17. The highest BCUT2D eigenvalue weighted by Crippen LogP contribution is 2.09. The molecule has 0 bridgehead atoms. The minimum Gasteiger partial charge on any atom is -0.341 e. The van der Waals surface area contributed by atoms with Crippen LogP contribution >= 0.6 is 22.6 Å². The third kappa shape index (κ3) is 6.77. The van der Waals surface area contributed by atoms with Gasteiger partial charge in [-0.3, -0.25) is 0 Å². The van der Waals surface area contributed by atoms with E-state index in [1.54, 1.807) is 0 Å². The summed E-state index contributed by atoms with van der Waals surface area (Å²) in [6.45, 7) is 7.98. The average Bonchev–Trinajstić information content (AvgIpc) is 1.58. The normalized spacial score (nSPS) is 12.0. The number of hydrogen-bond donors (Lipinski definition) is 0.